The maximum atomic E-state index is 12.8. The normalized spacial score (nSPS) is 16.8. The third kappa shape index (κ3) is 5.26. The van der Waals surface area contributed by atoms with Crippen LogP contribution in [0.4, 0.5) is 10.5 Å². The number of aromatic nitrogens is 1. The van der Waals surface area contributed by atoms with Crippen molar-refractivity contribution in [2.24, 2.45) is 0 Å². The summed E-state index contributed by atoms with van der Waals surface area (Å²) in [6.45, 7) is 8.00. The molecule has 0 saturated carbocycles. The average Bonchev–Trinajstić information content (AvgIpc) is 2.71. The van der Waals surface area contributed by atoms with Crippen molar-refractivity contribution in [3.8, 4) is 5.75 Å². The molecule has 8 nitrogen and oxygen atoms in total. The monoisotopic (exact) mass is 446 g/mol. The Bertz CT molecular complexity index is 998. The highest BCUT2D eigenvalue weighted by Gasteiger charge is 2.27. The molecule has 3 rings (SSSR count). The van der Waals surface area contributed by atoms with Crippen LogP contribution < -0.4 is 10.1 Å². The number of nitrogens with one attached hydrogen (secondary N) is 1. The van der Waals surface area contributed by atoms with Gasteiger partial charge in [0, 0.05) is 49.1 Å². The molecule has 2 heterocycles. The topological polar surface area (TPSA) is 95.0 Å². The maximum Gasteiger partial charge on any atom is 0.407 e. The van der Waals surface area contributed by atoms with Crippen molar-refractivity contribution in [1.82, 2.24) is 14.8 Å². The van der Waals surface area contributed by atoms with Crippen molar-refractivity contribution in [2.75, 3.05) is 32.1 Å². The molecular weight excluding hydrogens is 420 g/mol. The van der Waals surface area contributed by atoms with Crippen molar-refractivity contribution in [2.45, 2.75) is 33.4 Å². The van der Waals surface area contributed by atoms with Gasteiger partial charge in [0.05, 0.1) is 18.4 Å². The number of rotatable bonds is 5. The second-order valence-corrected chi connectivity index (χ2v) is 8.20. The Morgan fingerprint density at radius 2 is 2.03 bits per heavy atom. The summed E-state index contributed by atoms with van der Waals surface area (Å²) in [6, 6.07) is 5.18. The molecule has 166 valence electrons. The molecule has 1 aromatic carbocycles. The second-order valence-electron chi connectivity index (χ2n) is 7.76. The van der Waals surface area contributed by atoms with Crippen LogP contribution in [0, 0.1) is 13.8 Å². The Morgan fingerprint density at radius 1 is 1.29 bits per heavy atom. The van der Waals surface area contributed by atoms with Crippen molar-refractivity contribution >= 4 is 29.3 Å². The standard InChI is InChI=1S/C22H27ClN4O4/c1-13-11-26(5-6-27(13)22(29)30)12-17-7-18(23)9-19(14(17)2)25-21(28)16-8-20(31-4)15(3)24-10-16/h7-10,13H,5-6,11-12H2,1-4H3,(H,25,28)(H,29,30)/t13-/m0/s1. The number of carbonyl (C=O) groups is 2. The van der Waals surface area contributed by atoms with Gasteiger partial charge in [-0.15, -0.1) is 0 Å². The van der Waals surface area contributed by atoms with Crippen molar-refractivity contribution < 1.29 is 19.4 Å². The van der Waals surface area contributed by atoms with E-state index in [2.05, 4.69) is 15.2 Å². The van der Waals surface area contributed by atoms with Gasteiger partial charge in [-0.1, -0.05) is 11.6 Å². The molecule has 0 bridgehead atoms. The van der Waals surface area contributed by atoms with Crippen LogP contribution in [0.25, 0.3) is 0 Å². The van der Waals surface area contributed by atoms with Gasteiger partial charge in [0.25, 0.3) is 5.91 Å². The van der Waals surface area contributed by atoms with Gasteiger partial charge < -0.3 is 20.1 Å². The number of pyridine rings is 1. The van der Waals surface area contributed by atoms with Crippen LogP contribution in [-0.2, 0) is 6.54 Å². The van der Waals surface area contributed by atoms with Gasteiger partial charge in [0.15, 0.2) is 0 Å². The lowest BCUT2D eigenvalue weighted by Crippen LogP contribution is -2.53. The van der Waals surface area contributed by atoms with E-state index in [-0.39, 0.29) is 11.9 Å². The molecule has 0 aliphatic carbocycles. The summed E-state index contributed by atoms with van der Waals surface area (Å²) in [5.74, 6) is 0.247. The number of hydrogen-bond acceptors (Lipinski definition) is 5. The number of aryl methyl sites for hydroxylation is 1. The molecule has 0 unspecified atom stereocenters. The van der Waals surface area contributed by atoms with Crippen LogP contribution in [0.5, 0.6) is 5.75 Å². The first-order valence-electron chi connectivity index (χ1n) is 10.0. The number of methoxy groups -OCH3 is 1. The fourth-order valence-electron chi connectivity index (χ4n) is 3.77. The number of benzene rings is 1. The van der Waals surface area contributed by atoms with Crippen molar-refractivity contribution in [1.29, 1.82) is 0 Å². The highest BCUT2D eigenvalue weighted by atomic mass is 35.5. The number of piperazine rings is 1. The summed E-state index contributed by atoms with van der Waals surface area (Å²) in [4.78, 5) is 31.9. The number of ether oxygens (including phenoxy) is 1. The van der Waals surface area contributed by atoms with Gasteiger partial charge in [-0.05, 0) is 50.1 Å². The first-order chi connectivity index (χ1) is 14.7. The molecule has 2 aromatic rings. The average molecular weight is 447 g/mol. The molecule has 1 aliphatic rings. The minimum Gasteiger partial charge on any atom is -0.495 e. The highest BCUT2D eigenvalue weighted by molar-refractivity contribution is 6.31. The second kappa shape index (κ2) is 9.53. The van der Waals surface area contributed by atoms with E-state index < -0.39 is 6.09 Å². The van der Waals surface area contributed by atoms with Crippen LogP contribution in [0.1, 0.15) is 34.1 Å². The van der Waals surface area contributed by atoms with E-state index in [1.54, 1.807) is 12.1 Å². The minimum atomic E-state index is -0.890. The summed E-state index contributed by atoms with van der Waals surface area (Å²) in [5, 5.41) is 12.7. The molecule has 1 aromatic heterocycles. The maximum absolute atomic E-state index is 12.8. The highest BCUT2D eigenvalue weighted by Crippen LogP contribution is 2.27. The smallest absolute Gasteiger partial charge is 0.407 e. The van der Waals surface area contributed by atoms with Crippen molar-refractivity contribution in [3.05, 3.63) is 51.8 Å². The predicted molar refractivity (Wildman–Crippen MR) is 119 cm³/mol. The predicted octanol–water partition coefficient (Wildman–Crippen LogP) is 3.80. The van der Waals surface area contributed by atoms with Gasteiger partial charge >= 0.3 is 6.09 Å². The Labute approximate surface area is 186 Å². The number of nitrogens with zero attached hydrogens (tertiary/aromatic N) is 3. The summed E-state index contributed by atoms with van der Waals surface area (Å²) in [6.07, 6.45) is 0.621. The number of halogens is 1. The first kappa shape index (κ1) is 22.8. The molecule has 2 amide bonds. The fourth-order valence-corrected chi connectivity index (χ4v) is 4.01. The Hall–Kier alpha value is -2.84. The lowest BCUT2D eigenvalue weighted by molar-refractivity contribution is 0.0710. The molecule has 0 radical (unpaired) electrons. The summed E-state index contributed by atoms with van der Waals surface area (Å²) in [7, 11) is 1.54. The van der Waals surface area contributed by atoms with E-state index in [1.807, 2.05) is 26.8 Å². The Balaban J connectivity index is 1.76. The van der Waals surface area contributed by atoms with Gasteiger partial charge in [-0.2, -0.15) is 0 Å². The Kier molecular flexibility index (Phi) is 7.02. The lowest BCUT2D eigenvalue weighted by Gasteiger charge is -2.38. The zero-order valence-corrected chi connectivity index (χ0v) is 18.9. The minimum absolute atomic E-state index is 0.0890. The van der Waals surface area contributed by atoms with Gasteiger partial charge in [0.2, 0.25) is 0 Å². The molecule has 2 N–H and O–H groups in total. The number of hydrogen-bond donors (Lipinski definition) is 2. The van der Waals surface area contributed by atoms with E-state index >= 15 is 0 Å². The van der Waals surface area contributed by atoms with Gasteiger partial charge in [-0.25, -0.2) is 4.79 Å². The van der Waals surface area contributed by atoms with Gasteiger partial charge in [0.1, 0.15) is 5.75 Å². The van der Waals surface area contributed by atoms with Crippen LogP contribution in [0.15, 0.2) is 24.4 Å². The molecule has 1 fully saturated rings. The fraction of sp³-hybridized carbons (Fsp3) is 0.409. The van der Waals surface area contributed by atoms with E-state index in [1.165, 1.54) is 18.2 Å². The molecular formula is C22H27ClN4O4. The molecule has 0 spiro atoms. The van der Waals surface area contributed by atoms with Crippen LogP contribution in [0.3, 0.4) is 0 Å². The first-order valence-corrected chi connectivity index (χ1v) is 10.4. The molecule has 31 heavy (non-hydrogen) atoms. The SMILES string of the molecule is COc1cc(C(=O)Nc2cc(Cl)cc(CN3CCN(C(=O)O)[C@@H](C)C3)c2C)cnc1C. The zero-order chi connectivity index (χ0) is 22.7. The lowest BCUT2D eigenvalue weighted by atomic mass is 10.0. The summed E-state index contributed by atoms with van der Waals surface area (Å²) >= 11 is 6.34. The molecule has 1 saturated heterocycles. The van der Waals surface area contributed by atoms with Gasteiger partial charge in [-0.3, -0.25) is 14.7 Å². The largest absolute Gasteiger partial charge is 0.495 e. The van der Waals surface area contributed by atoms with Crippen LogP contribution in [-0.4, -0.2) is 64.7 Å². The number of amides is 2. The number of carbonyl (C=O) groups excluding carboxylic acids is 1. The van der Waals surface area contributed by atoms with E-state index in [0.29, 0.717) is 53.9 Å². The molecule has 1 aliphatic heterocycles. The van der Waals surface area contributed by atoms with E-state index in [0.717, 1.165) is 11.1 Å². The third-order valence-corrected chi connectivity index (χ3v) is 5.82. The van der Waals surface area contributed by atoms with E-state index in [4.69, 9.17) is 16.3 Å². The van der Waals surface area contributed by atoms with Crippen molar-refractivity contribution in [3.63, 3.8) is 0 Å². The number of carboxylic acid groups (broad SMARTS) is 1. The Morgan fingerprint density at radius 3 is 2.68 bits per heavy atom. The molecule has 9 heteroatoms. The van der Waals surface area contributed by atoms with E-state index in [9.17, 15) is 14.7 Å². The third-order valence-electron chi connectivity index (χ3n) is 5.60. The summed E-state index contributed by atoms with van der Waals surface area (Å²) in [5.41, 5.74) is 3.63. The van der Waals surface area contributed by atoms with Crippen LogP contribution >= 0.6 is 11.6 Å². The zero-order valence-electron chi connectivity index (χ0n) is 18.1. The molecule has 1 atom stereocenters. The summed E-state index contributed by atoms with van der Waals surface area (Å²) < 4.78 is 5.25. The van der Waals surface area contributed by atoms with Crippen LogP contribution in [0.2, 0.25) is 5.02 Å². The quantitative estimate of drug-likeness (QED) is 0.725. The number of anilines is 1.